The van der Waals surface area contributed by atoms with Crippen molar-refractivity contribution in [2.45, 2.75) is 58.1 Å². The third-order valence-corrected chi connectivity index (χ3v) is 4.34. The number of carboxylic acid groups (broad SMARTS) is 1. The fourth-order valence-corrected chi connectivity index (χ4v) is 2.98. The van der Waals surface area contributed by atoms with Gasteiger partial charge in [-0.1, -0.05) is 33.6 Å². The SMILES string of the molecule is CC(C)(C)C1CCC(CC(S)C(=O)O)CC1. The predicted molar refractivity (Wildman–Crippen MR) is 69.9 cm³/mol. The van der Waals surface area contributed by atoms with E-state index in [1.807, 2.05) is 0 Å². The van der Waals surface area contributed by atoms with Crippen LogP contribution in [0.5, 0.6) is 0 Å². The van der Waals surface area contributed by atoms with Gasteiger partial charge in [-0.2, -0.15) is 12.6 Å². The molecule has 0 radical (unpaired) electrons. The first-order chi connectivity index (χ1) is 7.30. The van der Waals surface area contributed by atoms with E-state index in [1.54, 1.807) is 0 Å². The summed E-state index contributed by atoms with van der Waals surface area (Å²) in [6.45, 7) is 6.91. The Morgan fingerprint density at radius 1 is 1.31 bits per heavy atom. The lowest BCUT2D eigenvalue weighted by molar-refractivity contribution is -0.136. The minimum absolute atomic E-state index is 0.401. The van der Waals surface area contributed by atoms with E-state index >= 15 is 0 Å². The minimum Gasteiger partial charge on any atom is -0.480 e. The average Bonchev–Trinajstić information content (AvgIpc) is 2.17. The molecule has 94 valence electrons. The lowest BCUT2D eigenvalue weighted by atomic mass is 9.69. The monoisotopic (exact) mass is 244 g/mol. The molecule has 1 unspecified atom stereocenters. The molecule has 0 amide bonds. The smallest absolute Gasteiger partial charge is 0.316 e. The van der Waals surface area contributed by atoms with Crippen molar-refractivity contribution in [2.24, 2.45) is 17.3 Å². The molecule has 0 aromatic carbocycles. The Morgan fingerprint density at radius 3 is 2.19 bits per heavy atom. The molecule has 1 aliphatic rings. The zero-order valence-corrected chi connectivity index (χ0v) is 11.5. The highest BCUT2D eigenvalue weighted by Gasteiger charge is 2.30. The van der Waals surface area contributed by atoms with Crippen molar-refractivity contribution in [3.8, 4) is 0 Å². The molecule has 1 fully saturated rings. The predicted octanol–water partition coefficient (Wildman–Crippen LogP) is 3.61. The van der Waals surface area contributed by atoms with Gasteiger partial charge >= 0.3 is 5.97 Å². The van der Waals surface area contributed by atoms with E-state index in [2.05, 4.69) is 33.4 Å². The topological polar surface area (TPSA) is 37.3 Å². The summed E-state index contributed by atoms with van der Waals surface area (Å²) in [6.07, 6.45) is 5.57. The van der Waals surface area contributed by atoms with Gasteiger partial charge in [-0.15, -0.1) is 0 Å². The van der Waals surface area contributed by atoms with Crippen LogP contribution in [-0.2, 0) is 4.79 Å². The molecule has 0 heterocycles. The number of hydrogen-bond donors (Lipinski definition) is 2. The maximum Gasteiger partial charge on any atom is 0.316 e. The van der Waals surface area contributed by atoms with Gasteiger partial charge in [0, 0.05) is 0 Å². The summed E-state index contributed by atoms with van der Waals surface area (Å²) >= 11 is 4.12. The Morgan fingerprint density at radius 2 is 1.81 bits per heavy atom. The molecule has 0 saturated heterocycles. The van der Waals surface area contributed by atoms with Crippen molar-refractivity contribution in [3.05, 3.63) is 0 Å². The molecule has 0 spiro atoms. The molecule has 2 nitrogen and oxygen atoms in total. The zero-order valence-electron chi connectivity index (χ0n) is 10.6. The Kier molecular flexibility index (Phi) is 4.72. The number of carbonyl (C=O) groups is 1. The molecule has 16 heavy (non-hydrogen) atoms. The minimum atomic E-state index is -0.777. The standard InChI is InChI=1S/C13H24O2S/c1-13(2,3)10-6-4-9(5-7-10)8-11(16)12(14)15/h9-11,16H,4-8H2,1-3H3,(H,14,15). The summed E-state index contributed by atoms with van der Waals surface area (Å²) in [4.78, 5) is 10.7. The Balaban J connectivity index is 2.35. The van der Waals surface area contributed by atoms with Crippen LogP contribution < -0.4 is 0 Å². The second kappa shape index (κ2) is 5.44. The van der Waals surface area contributed by atoms with Gasteiger partial charge in [-0.05, 0) is 36.5 Å². The van der Waals surface area contributed by atoms with E-state index in [-0.39, 0.29) is 0 Å². The summed E-state index contributed by atoms with van der Waals surface area (Å²) in [6, 6.07) is 0. The molecule has 1 saturated carbocycles. The van der Waals surface area contributed by atoms with Crippen LogP contribution in [-0.4, -0.2) is 16.3 Å². The molecule has 1 aliphatic carbocycles. The lowest BCUT2D eigenvalue weighted by Gasteiger charge is -2.37. The van der Waals surface area contributed by atoms with Gasteiger partial charge in [0.1, 0.15) is 0 Å². The van der Waals surface area contributed by atoms with E-state index in [9.17, 15) is 4.79 Å². The van der Waals surface area contributed by atoms with Crippen LogP contribution >= 0.6 is 12.6 Å². The first kappa shape index (κ1) is 13.9. The van der Waals surface area contributed by atoms with E-state index in [0.717, 1.165) is 12.3 Å². The number of aliphatic carboxylic acids is 1. The normalized spacial score (nSPS) is 28.8. The van der Waals surface area contributed by atoms with Gasteiger partial charge in [0.05, 0.1) is 5.25 Å². The Bertz CT molecular complexity index is 237. The fraction of sp³-hybridized carbons (Fsp3) is 0.923. The molecule has 0 aromatic heterocycles. The van der Waals surface area contributed by atoms with Crippen LogP contribution in [0.4, 0.5) is 0 Å². The summed E-state index contributed by atoms with van der Waals surface area (Å²) < 4.78 is 0. The van der Waals surface area contributed by atoms with E-state index in [1.165, 1.54) is 25.7 Å². The molecule has 1 atom stereocenters. The van der Waals surface area contributed by atoms with Crippen LogP contribution in [0.15, 0.2) is 0 Å². The van der Waals surface area contributed by atoms with Gasteiger partial charge in [0.2, 0.25) is 0 Å². The van der Waals surface area contributed by atoms with E-state index in [4.69, 9.17) is 5.11 Å². The Hall–Kier alpha value is -0.180. The molecular formula is C13H24O2S. The van der Waals surface area contributed by atoms with Gasteiger partial charge in [-0.3, -0.25) is 4.79 Å². The maximum absolute atomic E-state index is 10.7. The van der Waals surface area contributed by atoms with Crippen molar-refractivity contribution in [2.75, 3.05) is 0 Å². The van der Waals surface area contributed by atoms with Gasteiger partial charge in [-0.25, -0.2) is 0 Å². The molecule has 1 rings (SSSR count). The highest BCUT2D eigenvalue weighted by molar-refractivity contribution is 7.81. The van der Waals surface area contributed by atoms with Crippen molar-refractivity contribution in [3.63, 3.8) is 0 Å². The second-order valence-electron chi connectivity index (χ2n) is 6.17. The number of carboxylic acids is 1. The zero-order chi connectivity index (χ0) is 12.3. The second-order valence-corrected chi connectivity index (χ2v) is 6.80. The van der Waals surface area contributed by atoms with Crippen molar-refractivity contribution in [1.29, 1.82) is 0 Å². The molecule has 0 aromatic rings. The van der Waals surface area contributed by atoms with Crippen LogP contribution in [0.3, 0.4) is 0 Å². The van der Waals surface area contributed by atoms with Crippen molar-refractivity contribution >= 4 is 18.6 Å². The van der Waals surface area contributed by atoms with Gasteiger partial charge < -0.3 is 5.11 Å². The quantitative estimate of drug-likeness (QED) is 0.744. The Labute approximate surface area is 104 Å². The van der Waals surface area contributed by atoms with Gasteiger partial charge in [0.25, 0.3) is 0 Å². The first-order valence-electron chi connectivity index (χ1n) is 6.21. The molecule has 3 heteroatoms. The van der Waals surface area contributed by atoms with Crippen LogP contribution in [0.1, 0.15) is 52.9 Å². The van der Waals surface area contributed by atoms with Crippen LogP contribution in [0.2, 0.25) is 0 Å². The highest BCUT2D eigenvalue weighted by atomic mass is 32.1. The fourth-order valence-electron chi connectivity index (χ4n) is 2.68. The summed E-state index contributed by atoms with van der Waals surface area (Å²) in [5, 5.41) is 8.34. The summed E-state index contributed by atoms with van der Waals surface area (Å²) in [5.41, 5.74) is 0.401. The molecule has 0 bridgehead atoms. The molecular weight excluding hydrogens is 220 g/mol. The van der Waals surface area contributed by atoms with E-state index < -0.39 is 11.2 Å². The highest BCUT2D eigenvalue weighted by Crippen LogP contribution is 2.41. The van der Waals surface area contributed by atoms with Gasteiger partial charge in [0.15, 0.2) is 0 Å². The van der Waals surface area contributed by atoms with Crippen molar-refractivity contribution in [1.82, 2.24) is 0 Å². The lowest BCUT2D eigenvalue weighted by Crippen LogP contribution is -2.27. The third-order valence-electron chi connectivity index (χ3n) is 3.91. The maximum atomic E-state index is 10.7. The largest absolute Gasteiger partial charge is 0.480 e. The van der Waals surface area contributed by atoms with Crippen LogP contribution in [0.25, 0.3) is 0 Å². The third kappa shape index (κ3) is 4.00. The number of hydrogen-bond acceptors (Lipinski definition) is 2. The van der Waals surface area contributed by atoms with E-state index in [0.29, 0.717) is 11.3 Å². The average molecular weight is 244 g/mol. The van der Waals surface area contributed by atoms with Crippen molar-refractivity contribution < 1.29 is 9.90 Å². The molecule has 1 N–H and O–H groups in total. The summed E-state index contributed by atoms with van der Waals surface area (Å²) in [7, 11) is 0. The molecule has 0 aliphatic heterocycles. The number of rotatable bonds is 3. The number of thiol groups is 1. The first-order valence-corrected chi connectivity index (χ1v) is 6.73. The van der Waals surface area contributed by atoms with Crippen LogP contribution in [0, 0.1) is 17.3 Å². The summed E-state index contributed by atoms with van der Waals surface area (Å²) in [5.74, 6) is 0.588.